The van der Waals surface area contributed by atoms with Gasteiger partial charge in [0.2, 0.25) is 0 Å². The summed E-state index contributed by atoms with van der Waals surface area (Å²) < 4.78 is 13.3. The number of phenols is 1. The summed E-state index contributed by atoms with van der Waals surface area (Å²) in [4.78, 5) is 0.564. The summed E-state index contributed by atoms with van der Waals surface area (Å²) >= 11 is 1.33. The van der Waals surface area contributed by atoms with Crippen molar-refractivity contribution in [2.75, 3.05) is 0 Å². The van der Waals surface area contributed by atoms with Crippen molar-refractivity contribution in [2.24, 2.45) is 0 Å². The van der Waals surface area contributed by atoms with Crippen molar-refractivity contribution in [1.82, 2.24) is 0 Å². The molecule has 1 N–H and O–H groups in total. The van der Waals surface area contributed by atoms with E-state index in [1.165, 1.54) is 23.9 Å². The number of phenolic OH excluding ortho intramolecular Hbond substituents is 1. The lowest BCUT2D eigenvalue weighted by atomic mass is 10.1. The van der Waals surface area contributed by atoms with Gasteiger partial charge in [-0.05, 0) is 30.4 Å². The fourth-order valence-electron chi connectivity index (χ4n) is 1.37. The third-order valence-electron chi connectivity index (χ3n) is 2.03. The summed E-state index contributed by atoms with van der Waals surface area (Å²) in [6.45, 7) is 0. The standard InChI is InChI=1S/C10H9FOS/c11-8-4-5-9(12)7-3-1-2-6-13-10(7)8/h2,4-6,12H,1,3H2. The SMILES string of the molecule is Oc1ccc(F)c2c1CCC=CS2. The molecule has 0 saturated heterocycles. The van der Waals surface area contributed by atoms with Crippen LogP contribution in [0.3, 0.4) is 0 Å². The van der Waals surface area contributed by atoms with Gasteiger partial charge in [-0.3, -0.25) is 0 Å². The maximum Gasteiger partial charge on any atom is 0.137 e. The van der Waals surface area contributed by atoms with Crippen molar-refractivity contribution >= 4 is 11.8 Å². The second kappa shape index (κ2) is 3.42. The minimum atomic E-state index is -0.246. The molecular weight excluding hydrogens is 187 g/mol. The Hall–Kier alpha value is -0.960. The molecule has 13 heavy (non-hydrogen) atoms. The largest absolute Gasteiger partial charge is 0.508 e. The molecule has 68 valence electrons. The highest BCUT2D eigenvalue weighted by atomic mass is 32.2. The normalized spacial score (nSPS) is 15.2. The molecule has 2 rings (SSSR count). The number of benzene rings is 1. The first-order valence-electron chi connectivity index (χ1n) is 4.11. The molecule has 1 aromatic carbocycles. The molecule has 1 aromatic rings. The Morgan fingerprint density at radius 2 is 2.23 bits per heavy atom. The van der Waals surface area contributed by atoms with Gasteiger partial charge in [-0.15, -0.1) is 0 Å². The molecule has 0 atom stereocenters. The monoisotopic (exact) mass is 196 g/mol. The topological polar surface area (TPSA) is 20.2 Å². The summed E-state index contributed by atoms with van der Waals surface area (Å²) in [5.41, 5.74) is 0.731. The Balaban J connectivity index is 2.56. The van der Waals surface area contributed by atoms with E-state index >= 15 is 0 Å². The van der Waals surface area contributed by atoms with Crippen LogP contribution in [0.25, 0.3) is 0 Å². The minimum absolute atomic E-state index is 0.201. The number of hydrogen-bond donors (Lipinski definition) is 1. The number of fused-ring (bicyclic) bond motifs is 1. The second-order valence-electron chi connectivity index (χ2n) is 2.90. The lowest BCUT2D eigenvalue weighted by molar-refractivity contribution is 0.460. The highest BCUT2D eigenvalue weighted by molar-refractivity contribution is 8.02. The lowest BCUT2D eigenvalue weighted by Gasteiger charge is -2.07. The number of thioether (sulfide) groups is 1. The Kier molecular flexibility index (Phi) is 2.27. The molecule has 0 aromatic heterocycles. The Labute approximate surface area is 80.3 Å². The second-order valence-corrected chi connectivity index (χ2v) is 3.82. The van der Waals surface area contributed by atoms with Crippen molar-refractivity contribution in [3.63, 3.8) is 0 Å². The van der Waals surface area contributed by atoms with Crippen molar-refractivity contribution in [3.8, 4) is 5.75 Å². The van der Waals surface area contributed by atoms with Gasteiger partial charge in [0, 0.05) is 5.56 Å². The summed E-state index contributed by atoms with van der Waals surface area (Å²) in [6.07, 6.45) is 3.56. The van der Waals surface area contributed by atoms with Crippen molar-refractivity contribution in [1.29, 1.82) is 0 Å². The molecule has 3 heteroatoms. The molecular formula is C10H9FOS. The molecule has 1 nitrogen and oxygen atoms in total. The van der Waals surface area contributed by atoms with Crippen LogP contribution in [0.4, 0.5) is 4.39 Å². The van der Waals surface area contributed by atoms with Gasteiger partial charge in [0.15, 0.2) is 0 Å². The van der Waals surface area contributed by atoms with E-state index in [0.29, 0.717) is 11.3 Å². The Bertz CT molecular complexity index is 360. The molecule has 0 radical (unpaired) electrons. The number of aromatic hydroxyl groups is 1. The van der Waals surface area contributed by atoms with Crippen LogP contribution in [0, 0.1) is 5.82 Å². The van der Waals surface area contributed by atoms with Crippen LogP contribution in [0.5, 0.6) is 5.75 Å². The lowest BCUT2D eigenvalue weighted by Crippen LogP contribution is -1.90. The number of halogens is 1. The van der Waals surface area contributed by atoms with Gasteiger partial charge in [-0.2, -0.15) is 0 Å². The smallest absolute Gasteiger partial charge is 0.137 e. The quantitative estimate of drug-likeness (QED) is 0.688. The van der Waals surface area contributed by atoms with Crippen molar-refractivity contribution in [2.45, 2.75) is 17.7 Å². The third-order valence-corrected chi connectivity index (χ3v) is 3.04. The van der Waals surface area contributed by atoms with Crippen LogP contribution < -0.4 is 0 Å². The average molecular weight is 196 g/mol. The van der Waals surface area contributed by atoms with Crippen molar-refractivity contribution < 1.29 is 9.50 Å². The number of rotatable bonds is 0. The van der Waals surface area contributed by atoms with E-state index in [1.807, 2.05) is 11.5 Å². The highest BCUT2D eigenvalue weighted by Gasteiger charge is 2.13. The van der Waals surface area contributed by atoms with Crippen LogP contribution in [-0.4, -0.2) is 5.11 Å². The maximum atomic E-state index is 13.3. The van der Waals surface area contributed by atoms with Crippen LogP contribution >= 0.6 is 11.8 Å². The average Bonchev–Trinajstić information content (AvgIpc) is 2.37. The van der Waals surface area contributed by atoms with Crippen LogP contribution in [0.2, 0.25) is 0 Å². The van der Waals surface area contributed by atoms with E-state index < -0.39 is 0 Å². The molecule has 0 bridgehead atoms. The van der Waals surface area contributed by atoms with E-state index in [1.54, 1.807) is 0 Å². The van der Waals surface area contributed by atoms with Gasteiger partial charge >= 0.3 is 0 Å². The zero-order valence-corrected chi connectivity index (χ0v) is 7.77. The molecule has 0 fully saturated rings. The predicted molar refractivity (Wildman–Crippen MR) is 51.4 cm³/mol. The van der Waals surface area contributed by atoms with Crippen LogP contribution in [0.1, 0.15) is 12.0 Å². The molecule has 0 spiro atoms. The minimum Gasteiger partial charge on any atom is -0.508 e. The molecule has 0 unspecified atom stereocenters. The summed E-state index contributed by atoms with van der Waals surface area (Å²) in [5, 5.41) is 11.4. The Morgan fingerprint density at radius 1 is 1.38 bits per heavy atom. The van der Waals surface area contributed by atoms with Crippen LogP contribution in [-0.2, 0) is 6.42 Å². The van der Waals surface area contributed by atoms with E-state index in [-0.39, 0.29) is 11.6 Å². The third kappa shape index (κ3) is 1.56. The summed E-state index contributed by atoms with van der Waals surface area (Å²) in [6, 6.07) is 2.72. The van der Waals surface area contributed by atoms with Gasteiger partial charge in [0.05, 0.1) is 4.90 Å². The fourth-order valence-corrected chi connectivity index (χ4v) is 2.27. The predicted octanol–water partition coefficient (Wildman–Crippen LogP) is 3.08. The first-order valence-corrected chi connectivity index (χ1v) is 4.99. The maximum absolute atomic E-state index is 13.3. The first-order chi connectivity index (χ1) is 6.29. The molecule has 0 amide bonds. The van der Waals surface area contributed by atoms with E-state index in [4.69, 9.17) is 0 Å². The van der Waals surface area contributed by atoms with Gasteiger partial charge < -0.3 is 5.11 Å². The molecule has 1 heterocycles. The Morgan fingerprint density at radius 3 is 3.08 bits per heavy atom. The molecule has 1 aliphatic heterocycles. The van der Waals surface area contributed by atoms with Gasteiger partial charge in [-0.25, -0.2) is 4.39 Å². The van der Waals surface area contributed by atoms with Gasteiger partial charge in [0.1, 0.15) is 11.6 Å². The highest BCUT2D eigenvalue weighted by Crippen LogP contribution is 2.35. The molecule has 0 saturated carbocycles. The zero-order valence-electron chi connectivity index (χ0n) is 6.96. The molecule has 0 aliphatic carbocycles. The number of hydrogen-bond acceptors (Lipinski definition) is 2. The molecule has 1 aliphatic rings. The van der Waals surface area contributed by atoms with E-state index in [2.05, 4.69) is 0 Å². The van der Waals surface area contributed by atoms with E-state index in [0.717, 1.165) is 12.0 Å². The van der Waals surface area contributed by atoms with Gasteiger partial charge in [0.25, 0.3) is 0 Å². The van der Waals surface area contributed by atoms with Crippen molar-refractivity contribution in [3.05, 3.63) is 35.0 Å². The van der Waals surface area contributed by atoms with Gasteiger partial charge in [-0.1, -0.05) is 17.8 Å². The van der Waals surface area contributed by atoms with Crippen LogP contribution in [0.15, 0.2) is 28.5 Å². The number of allylic oxidation sites excluding steroid dienone is 1. The van der Waals surface area contributed by atoms with E-state index in [9.17, 15) is 9.50 Å². The first kappa shape index (κ1) is 8.63. The summed E-state index contributed by atoms with van der Waals surface area (Å²) in [7, 11) is 0. The fraction of sp³-hybridized carbons (Fsp3) is 0.200. The summed E-state index contributed by atoms with van der Waals surface area (Å²) in [5.74, 6) is -0.0445. The zero-order chi connectivity index (χ0) is 9.26.